The standard InChI is InChI=1S/C16H21N5/c1-12-14-4-2-3-5-15(14)16(19-18-12)21-8-6-20(7-9-21)13-10-17-11-13/h2-5,13,17H,6-11H2,1H3. The van der Waals surface area contributed by atoms with E-state index in [-0.39, 0.29) is 0 Å². The lowest BCUT2D eigenvalue weighted by Gasteiger charge is -2.43. The molecule has 1 aromatic heterocycles. The molecule has 0 aliphatic carbocycles. The fraction of sp³-hybridized carbons (Fsp3) is 0.500. The summed E-state index contributed by atoms with van der Waals surface area (Å²) in [5.41, 5.74) is 1.01. The van der Waals surface area contributed by atoms with Crippen molar-refractivity contribution in [3.05, 3.63) is 30.0 Å². The highest BCUT2D eigenvalue weighted by molar-refractivity contribution is 5.93. The molecule has 1 aromatic carbocycles. The van der Waals surface area contributed by atoms with Crippen LogP contribution in [-0.2, 0) is 0 Å². The van der Waals surface area contributed by atoms with E-state index >= 15 is 0 Å². The first-order valence-electron chi connectivity index (χ1n) is 7.74. The third-order valence-corrected chi connectivity index (χ3v) is 4.74. The molecule has 5 nitrogen and oxygen atoms in total. The molecule has 5 heteroatoms. The smallest absolute Gasteiger partial charge is 0.159 e. The van der Waals surface area contributed by atoms with Gasteiger partial charge >= 0.3 is 0 Å². The highest BCUT2D eigenvalue weighted by Gasteiger charge is 2.28. The number of hydrogen-bond donors (Lipinski definition) is 1. The van der Waals surface area contributed by atoms with Crippen LogP contribution in [0.2, 0.25) is 0 Å². The Morgan fingerprint density at radius 1 is 1.00 bits per heavy atom. The number of fused-ring (bicyclic) bond motifs is 1. The monoisotopic (exact) mass is 283 g/mol. The Bertz CT molecular complexity index is 644. The van der Waals surface area contributed by atoms with Gasteiger partial charge in [0.05, 0.1) is 5.69 Å². The molecule has 0 atom stereocenters. The summed E-state index contributed by atoms with van der Waals surface area (Å²) < 4.78 is 0. The summed E-state index contributed by atoms with van der Waals surface area (Å²) in [4.78, 5) is 4.98. The average Bonchev–Trinajstić information content (AvgIpc) is 2.47. The van der Waals surface area contributed by atoms with Crippen molar-refractivity contribution in [2.24, 2.45) is 0 Å². The molecule has 2 fully saturated rings. The lowest BCUT2D eigenvalue weighted by Crippen LogP contribution is -2.61. The minimum absolute atomic E-state index is 0.744. The van der Waals surface area contributed by atoms with E-state index in [1.165, 1.54) is 10.8 Å². The quantitative estimate of drug-likeness (QED) is 0.892. The molecule has 1 N–H and O–H groups in total. The van der Waals surface area contributed by atoms with E-state index in [2.05, 4.69) is 49.6 Å². The Kier molecular flexibility index (Phi) is 3.24. The molecule has 2 aliphatic rings. The lowest BCUT2D eigenvalue weighted by atomic mass is 10.1. The van der Waals surface area contributed by atoms with Crippen molar-refractivity contribution in [1.82, 2.24) is 20.4 Å². The third-order valence-electron chi connectivity index (χ3n) is 4.74. The van der Waals surface area contributed by atoms with Crippen LogP contribution in [0.5, 0.6) is 0 Å². The normalized spacial score (nSPS) is 20.7. The summed E-state index contributed by atoms with van der Waals surface area (Å²) in [5.74, 6) is 1.04. The Labute approximate surface area is 124 Å². The van der Waals surface area contributed by atoms with Gasteiger partial charge in [0.1, 0.15) is 0 Å². The van der Waals surface area contributed by atoms with Gasteiger partial charge in [-0.25, -0.2) is 0 Å². The van der Waals surface area contributed by atoms with Crippen LogP contribution in [0.15, 0.2) is 24.3 Å². The third kappa shape index (κ3) is 2.26. The second kappa shape index (κ2) is 5.24. The summed E-state index contributed by atoms with van der Waals surface area (Å²) in [6.07, 6.45) is 0. The number of piperazine rings is 1. The fourth-order valence-electron chi connectivity index (χ4n) is 3.29. The van der Waals surface area contributed by atoms with Gasteiger partial charge in [-0.3, -0.25) is 4.90 Å². The SMILES string of the molecule is Cc1nnc(N2CCN(C3CNC3)CC2)c2ccccc12. The van der Waals surface area contributed by atoms with E-state index in [4.69, 9.17) is 0 Å². The van der Waals surface area contributed by atoms with Crippen LogP contribution < -0.4 is 10.2 Å². The Morgan fingerprint density at radius 3 is 2.38 bits per heavy atom. The minimum atomic E-state index is 0.744. The van der Waals surface area contributed by atoms with Gasteiger partial charge in [0.15, 0.2) is 5.82 Å². The second-order valence-electron chi connectivity index (χ2n) is 5.99. The number of benzene rings is 1. The zero-order chi connectivity index (χ0) is 14.2. The Balaban J connectivity index is 1.58. The van der Waals surface area contributed by atoms with E-state index < -0.39 is 0 Å². The van der Waals surface area contributed by atoms with Crippen LogP contribution in [0.3, 0.4) is 0 Å². The van der Waals surface area contributed by atoms with Crippen LogP contribution >= 0.6 is 0 Å². The molecular weight excluding hydrogens is 262 g/mol. The highest BCUT2D eigenvalue weighted by Crippen LogP contribution is 2.26. The first kappa shape index (κ1) is 13.0. The van der Waals surface area contributed by atoms with E-state index in [0.29, 0.717) is 0 Å². The van der Waals surface area contributed by atoms with Crippen molar-refractivity contribution in [2.45, 2.75) is 13.0 Å². The van der Waals surface area contributed by atoms with Crippen LogP contribution in [0, 0.1) is 6.92 Å². The van der Waals surface area contributed by atoms with Crippen LogP contribution in [0.1, 0.15) is 5.69 Å². The molecule has 0 amide bonds. The molecular formula is C16H21N5. The van der Waals surface area contributed by atoms with Crippen molar-refractivity contribution < 1.29 is 0 Å². The van der Waals surface area contributed by atoms with E-state index in [1.54, 1.807) is 0 Å². The van der Waals surface area contributed by atoms with Gasteiger partial charge in [0.25, 0.3) is 0 Å². The van der Waals surface area contributed by atoms with Gasteiger partial charge in [-0.1, -0.05) is 24.3 Å². The van der Waals surface area contributed by atoms with Crippen molar-refractivity contribution in [3.8, 4) is 0 Å². The number of nitrogens with one attached hydrogen (secondary N) is 1. The number of aromatic nitrogens is 2. The molecule has 2 saturated heterocycles. The molecule has 21 heavy (non-hydrogen) atoms. The second-order valence-corrected chi connectivity index (χ2v) is 5.99. The Morgan fingerprint density at radius 2 is 1.71 bits per heavy atom. The molecule has 2 aromatic rings. The first-order chi connectivity index (χ1) is 10.3. The molecule has 0 bridgehead atoms. The summed E-state index contributed by atoms with van der Waals surface area (Å²) >= 11 is 0. The van der Waals surface area contributed by atoms with E-state index in [1.807, 2.05) is 6.92 Å². The van der Waals surface area contributed by atoms with E-state index in [9.17, 15) is 0 Å². The maximum absolute atomic E-state index is 4.48. The van der Waals surface area contributed by atoms with Gasteiger partial charge in [-0.15, -0.1) is 5.10 Å². The van der Waals surface area contributed by atoms with Gasteiger partial charge in [0, 0.05) is 56.1 Å². The molecule has 0 spiro atoms. The first-order valence-corrected chi connectivity index (χ1v) is 7.74. The average molecular weight is 283 g/mol. The van der Waals surface area contributed by atoms with Crippen molar-refractivity contribution in [2.75, 3.05) is 44.2 Å². The summed E-state index contributed by atoms with van der Waals surface area (Å²) in [6, 6.07) is 9.20. The van der Waals surface area contributed by atoms with Gasteiger partial charge in [0.2, 0.25) is 0 Å². The predicted molar refractivity (Wildman–Crippen MR) is 84.7 cm³/mol. The zero-order valence-corrected chi connectivity index (χ0v) is 12.4. The molecule has 0 saturated carbocycles. The minimum Gasteiger partial charge on any atom is -0.352 e. The topological polar surface area (TPSA) is 44.3 Å². The van der Waals surface area contributed by atoms with E-state index in [0.717, 1.165) is 56.8 Å². The van der Waals surface area contributed by atoms with Gasteiger partial charge in [-0.05, 0) is 6.92 Å². The van der Waals surface area contributed by atoms with Crippen molar-refractivity contribution in [1.29, 1.82) is 0 Å². The van der Waals surface area contributed by atoms with Crippen LogP contribution in [0.25, 0.3) is 10.8 Å². The predicted octanol–water partition coefficient (Wildman–Crippen LogP) is 1.03. The molecule has 4 rings (SSSR count). The van der Waals surface area contributed by atoms with Crippen LogP contribution in [0.4, 0.5) is 5.82 Å². The van der Waals surface area contributed by atoms with Crippen molar-refractivity contribution in [3.63, 3.8) is 0 Å². The number of hydrogen-bond acceptors (Lipinski definition) is 5. The number of aryl methyl sites for hydroxylation is 1. The molecule has 110 valence electrons. The molecule has 2 aliphatic heterocycles. The summed E-state index contributed by atoms with van der Waals surface area (Å²) in [5, 5.41) is 14.6. The highest BCUT2D eigenvalue weighted by atomic mass is 15.3. The summed E-state index contributed by atoms with van der Waals surface area (Å²) in [7, 11) is 0. The molecule has 0 radical (unpaired) electrons. The number of anilines is 1. The maximum Gasteiger partial charge on any atom is 0.159 e. The number of rotatable bonds is 2. The molecule has 0 unspecified atom stereocenters. The molecule has 3 heterocycles. The van der Waals surface area contributed by atoms with Crippen LogP contribution in [-0.4, -0.2) is 60.4 Å². The lowest BCUT2D eigenvalue weighted by molar-refractivity contribution is 0.138. The number of nitrogens with zero attached hydrogens (tertiary/aromatic N) is 4. The zero-order valence-electron chi connectivity index (χ0n) is 12.4. The Hall–Kier alpha value is -1.72. The maximum atomic E-state index is 4.48. The largest absolute Gasteiger partial charge is 0.352 e. The fourth-order valence-corrected chi connectivity index (χ4v) is 3.29. The van der Waals surface area contributed by atoms with Gasteiger partial charge < -0.3 is 10.2 Å². The van der Waals surface area contributed by atoms with Gasteiger partial charge in [-0.2, -0.15) is 5.10 Å². The van der Waals surface area contributed by atoms with Crippen molar-refractivity contribution >= 4 is 16.6 Å². The summed E-state index contributed by atoms with van der Waals surface area (Å²) in [6.45, 7) is 8.64.